The van der Waals surface area contributed by atoms with Gasteiger partial charge in [-0.2, -0.15) is 0 Å². The summed E-state index contributed by atoms with van der Waals surface area (Å²) >= 11 is 1.60. The number of aryl methyl sites for hydroxylation is 1. The van der Waals surface area contributed by atoms with E-state index in [0.717, 1.165) is 22.0 Å². The number of ether oxygens (including phenoxy) is 1. The summed E-state index contributed by atoms with van der Waals surface area (Å²) in [6.07, 6.45) is -0.0121. The number of hydrogen-bond acceptors (Lipinski definition) is 5. The van der Waals surface area contributed by atoms with Crippen molar-refractivity contribution in [2.75, 3.05) is 19.0 Å². The van der Waals surface area contributed by atoms with Gasteiger partial charge in [0.05, 0.1) is 23.2 Å². The van der Waals surface area contributed by atoms with Crippen molar-refractivity contribution in [1.82, 2.24) is 4.98 Å². The van der Waals surface area contributed by atoms with Crippen molar-refractivity contribution in [2.45, 2.75) is 19.4 Å². The molecule has 0 bridgehead atoms. The summed E-state index contributed by atoms with van der Waals surface area (Å²) in [5.74, 6) is -0.112. The largest absolute Gasteiger partial charge is 0.380 e. The molecular weight excluding hydrogens is 286 g/mol. The number of carbonyl (C=O) groups excluding carboxylic acids is 1. The third-order valence-electron chi connectivity index (χ3n) is 3.07. The minimum Gasteiger partial charge on any atom is -0.380 e. The van der Waals surface area contributed by atoms with Crippen molar-refractivity contribution in [3.05, 3.63) is 34.7 Å². The van der Waals surface area contributed by atoms with Gasteiger partial charge in [-0.15, -0.1) is 11.3 Å². The van der Waals surface area contributed by atoms with Crippen molar-refractivity contribution < 1.29 is 9.53 Å². The minimum atomic E-state index is -0.255. The van der Waals surface area contributed by atoms with Crippen molar-refractivity contribution >= 4 is 22.9 Å². The van der Waals surface area contributed by atoms with Crippen molar-refractivity contribution in [3.63, 3.8) is 0 Å². The first-order chi connectivity index (χ1) is 10.1. The standard InChI is InChI=1S/C15H19N3O2S/c1-10-17-14(9-21-10)11-4-3-5-12(6-11)18-15(19)7-13(8-16)20-2/h3-6,9,13H,7-8,16H2,1-2H3,(H,18,19). The van der Waals surface area contributed by atoms with Gasteiger partial charge in [0.2, 0.25) is 5.91 Å². The predicted molar refractivity (Wildman–Crippen MR) is 85.4 cm³/mol. The normalized spacial score (nSPS) is 12.1. The van der Waals surface area contributed by atoms with Crippen LogP contribution in [0.4, 0.5) is 5.69 Å². The molecule has 0 radical (unpaired) electrons. The summed E-state index contributed by atoms with van der Waals surface area (Å²) in [6, 6.07) is 7.64. The summed E-state index contributed by atoms with van der Waals surface area (Å²) in [6.45, 7) is 2.29. The van der Waals surface area contributed by atoms with Gasteiger partial charge >= 0.3 is 0 Å². The van der Waals surface area contributed by atoms with E-state index in [1.54, 1.807) is 18.4 Å². The molecule has 1 amide bonds. The van der Waals surface area contributed by atoms with Gasteiger partial charge in [0.1, 0.15) is 0 Å². The molecule has 0 spiro atoms. The van der Waals surface area contributed by atoms with Crippen LogP contribution < -0.4 is 11.1 Å². The molecule has 2 rings (SSSR count). The zero-order valence-electron chi connectivity index (χ0n) is 12.1. The molecule has 0 aliphatic rings. The van der Waals surface area contributed by atoms with Crippen LogP contribution in [0.3, 0.4) is 0 Å². The summed E-state index contributed by atoms with van der Waals surface area (Å²) in [4.78, 5) is 16.4. The molecule has 0 aliphatic carbocycles. The Bertz CT molecular complexity index is 608. The Morgan fingerprint density at radius 3 is 2.95 bits per heavy atom. The lowest BCUT2D eigenvalue weighted by Crippen LogP contribution is -2.28. The molecule has 21 heavy (non-hydrogen) atoms. The molecule has 112 valence electrons. The summed E-state index contributed by atoms with van der Waals surface area (Å²) in [7, 11) is 1.55. The summed E-state index contributed by atoms with van der Waals surface area (Å²) in [5, 5.41) is 5.88. The number of anilines is 1. The minimum absolute atomic E-state index is 0.112. The maximum Gasteiger partial charge on any atom is 0.227 e. The van der Waals surface area contributed by atoms with Crippen LogP contribution in [0.2, 0.25) is 0 Å². The van der Waals surface area contributed by atoms with E-state index in [4.69, 9.17) is 10.5 Å². The molecule has 1 heterocycles. The number of rotatable bonds is 6. The van der Waals surface area contributed by atoms with Crippen molar-refractivity contribution in [3.8, 4) is 11.3 Å². The molecule has 1 unspecified atom stereocenters. The van der Waals surface area contributed by atoms with E-state index < -0.39 is 0 Å². The number of aromatic nitrogens is 1. The molecule has 0 saturated heterocycles. The van der Waals surface area contributed by atoms with Gasteiger partial charge in [-0.1, -0.05) is 12.1 Å². The highest BCUT2D eigenvalue weighted by molar-refractivity contribution is 7.09. The van der Waals surface area contributed by atoms with Gasteiger partial charge in [0, 0.05) is 30.3 Å². The average Bonchev–Trinajstić information content (AvgIpc) is 2.91. The molecule has 0 saturated carbocycles. The molecule has 0 fully saturated rings. The molecule has 1 atom stereocenters. The Labute approximate surface area is 128 Å². The first-order valence-corrected chi connectivity index (χ1v) is 7.55. The molecular formula is C15H19N3O2S. The van der Waals surface area contributed by atoms with Crippen LogP contribution in [-0.4, -0.2) is 30.6 Å². The molecule has 2 aromatic rings. The van der Waals surface area contributed by atoms with Gasteiger partial charge in [0.15, 0.2) is 0 Å². The Balaban J connectivity index is 2.06. The fourth-order valence-corrected chi connectivity index (χ4v) is 2.56. The van der Waals surface area contributed by atoms with E-state index in [1.807, 2.05) is 36.6 Å². The zero-order chi connectivity index (χ0) is 15.2. The van der Waals surface area contributed by atoms with Crippen molar-refractivity contribution in [1.29, 1.82) is 0 Å². The van der Waals surface area contributed by atoms with Crippen LogP contribution in [0.15, 0.2) is 29.6 Å². The predicted octanol–water partition coefficient (Wildman–Crippen LogP) is 2.42. The van der Waals surface area contributed by atoms with Crippen LogP contribution in [0.25, 0.3) is 11.3 Å². The molecule has 6 heteroatoms. The number of nitrogens with zero attached hydrogens (tertiary/aromatic N) is 1. The number of thiazole rings is 1. The second-order valence-electron chi connectivity index (χ2n) is 4.68. The van der Waals surface area contributed by atoms with Gasteiger partial charge < -0.3 is 15.8 Å². The maximum absolute atomic E-state index is 11.9. The molecule has 3 N–H and O–H groups in total. The monoisotopic (exact) mass is 305 g/mol. The number of nitrogens with one attached hydrogen (secondary N) is 1. The molecule has 0 aliphatic heterocycles. The Hall–Kier alpha value is -1.76. The van der Waals surface area contributed by atoms with Crippen LogP contribution in [0.5, 0.6) is 0 Å². The third-order valence-corrected chi connectivity index (χ3v) is 3.84. The van der Waals surface area contributed by atoms with Crippen LogP contribution in [0, 0.1) is 6.92 Å². The number of benzene rings is 1. The lowest BCUT2D eigenvalue weighted by atomic mass is 10.1. The number of nitrogens with two attached hydrogens (primary N) is 1. The quantitative estimate of drug-likeness (QED) is 0.859. The van der Waals surface area contributed by atoms with Crippen molar-refractivity contribution in [2.24, 2.45) is 5.73 Å². The van der Waals surface area contributed by atoms with Gasteiger partial charge in [-0.05, 0) is 19.1 Å². The number of hydrogen-bond donors (Lipinski definition) is 2. The summed E-state index contributed by atoms with van der Waals surface area (Å²) in [5.41, 5.74) is 8.17. The van der Waals surface area contributed by atoms with Gasteiger partial charge in [0.25, 0.3) is 0 Å². The highest BCUT2D eigenvalue weighted by Crippen LogP contribution is 2.24. The molecule has 5 nitrogen and oxygen atoms in total. The second kappa shape index (κ2) is 7.31. The van der Waals surface area contributed by atoms with E-state index in [0.29, 0.717) is 6.54 Å². The lowest BCUT2D eigenvalue weighted by Gasteiger charge is -2.12. The Morgan fingerprint density at radius 2 is 2.33 bits per heavy atom. The SMILES string of the molecule is COC(CN)CC(=O)Nc1cccc(-c2csc(C)n2)c1. The molecule has 1 aromatic carbocycles. The highest BCUT2D eigenvalue weighted by atomic mass is 32.1. The van der Waals surface area contributed by atoms with Gasteiger partial charge in [-0.3, -0.25) is 4.79 Å². The first-order valence-electron chi connectivity index (χ1n) is 6.67. The van der Waals surface area contributed by atoms with E-state index in [-0.39, 0.29) is 18.4 Å². The Morgan fingerprint density at radius 1 is 1.52 bits per heavy atom. The summed E-state index contributed by atoms with van der Waals surface area (Å²) < 4.78 is 5.11. The fourth-order valence-electron chi connectivity index (χ4n) is 1.93. The number of amides is 1. The van der Waals surface area contributed by atoms with Crippen LogP contribution >= 0.6 is 11.3 Å². The van der Waals surface area contributed by atoms with E-state index in [2.05, 4.69) is 10.3 Å². The second-order valence-corrected chi connectivity index (χ2v) is 5.74. The highest BCUT2D eigenvalue weighted by Gasteiger charge is 2.12. The third kappa shape index (κ3) is 4.35. The number of methoxy groups -OCH3 is 1. The smallest absolute Gasteiger partial charge is 0.227 e. The van der Waals surface area contributed by atoms with Gasteiger partial charge in [-0.25, -0.2) is 4.98 Å². The average molecular weight is 305 g/mol. The number of carbonyl (C=O) groups is 1. The first kappa shape index (κ1) is 15.6. The van der Waals surface area contributed by atoms with E-state index >= 15 is 0 Å². The molecule has 1 aromatic heterocycles. The van der Waals surface area contributed by atoms with Crippen LogP contribution in [-0.2, 0) is 9.53 Å². The topological polar surface area (TPSA) is 77.2 Å². The lowest BCUT2D eigenvalue weighted by molar-refractivity contribution is -0.118. The Kier molecular flexibility index (Phi) is 5.44. The zero-order valence-corrected chi connectivity index (χ0v) is 12.9. The van der Waals surface area contributed by atoms with Crippen LogP contribution in [0.1, 0.15) is 11.4 Å². The van der Waals surface area contributed by atoms with E-state index in [9.17, 15) is 4.79 Å². The fraction of sp³-hybridized carbons (Fsp3) is 0.333. The van der Waals surface area contributed by atoms with E-state index in [1.165, 1.54) is 0 Å². The maximum atomic E-state index is 11.9.